The summed E-state index contributed by atoms with van der Waals surface area (Å²) in [7, 11) is 0. The molecule has 4 heteroatoms. The average Bonchev–Trinajstić information content (AvgIpc) is 2.33. The van der Waals surface area contributed by atoms with Gasteiger partial charge in [0.2, 0.25) is 5.95 Å². The Morgan fingerprint density at radius 2 is 2.19 bits per heavy atom. The number of anilines is 1. The number of rotatable bonds is 3. The molecule has 0 atom stereocenters. The van der Waals surface area contributed by atoms with Gasteiger partial charge in [-0.25, -0.2) is 4.98 Å². The Bertz CT molecular complexity index is 318. The molecule has 16 heavy (non-hydrogen) atoms. The van der Waals surface area contributed by atoms with Gasteiger partial charge in [-0.2, -0.15) is 4.39 Å². The van der Waals surface area contributed by atoms with E-state index in [0.717, 1.165) is 38.2 Å². The van der Waals surface area contributed by atoms with Crippen molar-refractivity contribution >= 4 is 5.69 Å². The zero-order valence-corrected chi connectivity index (χ0v) is 9.62. The van der Waals surface area contributed by atoms with Crippen LogP contribution in [0.3, 0.4) is 0 Å². The molecule has 0 unspecified atom stereocenters. The fourth-order valence-corrected chi connectivity index (χ4v) is 2.09. The van der Waals surface area contributed by atoms with Crippen LogP contribution in [0.15, 0.2) is 18.3 Å². The van der Waals surface area contributed by atoms with E-state index in [1.54, 1.807) is 12.3 Å². The van der Waals surface area contributed by atoms with E-state index in [0.29, 0.717) is 6.04 Å². The summed E-state index contributed by atoms with van der Waals surface area (Å²) >= 11 is 0. The van der Waals surface area contributed by atoms with Crippen molar-refractivity contribution in [1.82, 2.24) is 9.88 Å². The third-order valence-corrected chi connectivity index (χ3v) is 3.13. The lowest BCUT2D eigenvalue weighted by Crippen LogP contribution is -2.38. The molecule has 2 rings (SSSR count). The molecule has 0 saturated carbocycles. The molecule has 1 aliphatic heterocycles. The first-order chi connectivity index (χ1) is 7.78. The number of hydrogen-bond acceptors (Lipinski definition) is 3. The Labute approximate surface area is 95.7 Å². The van der Waals surface area contributed by atoms with Crippen LogP contribution in [-0.4, -0.2) is 35.6 Å². The van der Waals surface area contributed by atoms with Crippen molar-refractivity contribution in [2.75, 3.05) is 25.0 Å². The molecule has 1 aromatic rings. The van der Waals surface area contributed by atoms with E-state index in [1.165, 1.54) is 6.07 Å². The SMILES string of the molecule is CCN1CCC(Nc2ccc(F)nc2)CC1. The second-order valence-corrected chi connectivity index (χ2v) is 4.22. The van der Waals surface area contributed by atoms with Gasteiger partial charge < -0.3 is 10.2 Å². The number of nitrogens with one attached hydrogen (secondary N) is 1. The predicted octanol–water partition coefficient (Wildman–Crippen LogP) is 2.12. The van der Waals surface area contributed by atoms with Crippen LogP contribution in [-0.2, 0) is 0 Å². The van der Waals surface area contributed by atoms with Gasteiger partial charge in [-0.15, -0.1) is 0 Å². The van der Waals surface area contributed by atoms with Crippen LogP contribution in [0, 0.1) is 5.95 Å². The second-order valence-electron chi connectivity index (χ2n) is 4.22. The minimum absolute atomic E-state index is 0.425. The highest BCUT2D eigenvalue weighted by atomic mass is 19.1. The molecule has 0 aliphatic carbocycles. The Hall–Kier alpha value is -1.16. The van der Waals surface area contributed by atoms with Crippen LogP contribution in [0.5, 0.6) is 0 Å². The summed E-state index contributed by atoms with van der Waals surface area (Å²) in [4.78, 5) is 6.08. The van der Waals surface area contributed by atoms with Crippen LogP contribution in [0.1, 0.15) is 19.8 Å². The number of pyridine rings is 1. The molecule has 0 amide bonds. The van der Waals surface area contributed by atoms with Gasteiger partial charge in [-0.3, -0.25) is 0 Å². The molecule has 0 aromatic carbocycles. The minimum atomic E-state index is -0.425. The quantitative estimate of drug-likeness (QED) is 0.795. The van der Waals surface area contributed by atoms with Crippen LogP contribution >= 0.6 is 0 Å². The lowest BCUT2D eigenvalue weighted by molar-refractivity contribution is 0.229. The summed E-state index contributed by atoms with van der Waals surface area (Å²) in [5, 5.41) is 3.40. The lowest BCUT2D eigenvalue weighted by atomic mass is 10.0. The largest absolute Gasteiger partial charge is 0.381 e. The number of aromatic nitrogens is 1. The first-order valence-corrected chi connectivity index (χ1v) is 5.88. The van der Waals surface area contributed by atoms with Gasteiger partial charge in [-0.05, 0) is 31.5 Å². The molecule has 1 aliphatic rings. The summed E-state index contributed by atoms with van der Waals surface area (Å²) in [6.07, 6.45) is 3.85. The number of halogens is 1. The van der Waals surface area contributed by atoms with Gasteiger partial charge in [0, 0.05) is 19.1 Å². The van der Waals surface area contributed by atoms with Gasteiger partial charge >= 0.3 is 0 Å². The van der Waals surface area contributed by atoms with Crippen LogP contribution < -0.4 is 5.32 Å². The lowest BCUT2D eigenvalue weighted by Gasteiger charge is -2.31. The standard InChI is InChI=1S/C12H18FN3/c1-2-16-7-5-10(6-8-16)15-11-3-4-12(13)14-9-11/h3-4,9-10,15H,2,5-8H2,1H3. The maximum absolute atomic E-state index is 12.6. The van der Waals surface area contributed by atoms with E-state index in [-0.39, 0.29) is 0 Å². The molecule has 1 N–H and O–H groups in total. The van der Waals surface area contributed by atoms with Crippen LogP contribution in [0.4, 0.5) is 10.1 Å². The van der Waals surface area contributed by atoms with Crippen molar-refractivity contribution in [2.24, 2.45) is 0 Å². The molecule has 3 nitrogen and oxygen atoms in total. The number of hydrogen-bond donors (Lipinski definition) is 1. The van der Waals surface area contributed by atoms with Gasteiger partial charge in [-0.1, -0.05) is 6.92 Å². The van der Waals surface area contributed by atoms with Crippen molar-refractivity contribution in [2.45, 2.75) is 25.8 Å². The highest BCUT2D eigenvalue weighted by Crippen LogP contribution is 2.15. The molecule has 2 heterocycles. The fourth-order valence-electron chi connectivity index (χ4n) is 2.09. The van der Waals surface area contributed by atoms with E-state index in [4.69, 9.17) is 0 Å². The normalized spacial score (nSPS) is 18.6. The summed E-state index contributed by atoms with van der Waals surface area (Å²) in [6.45, 7) is 5.61. The van der Waals surface area contributed by atoms with E-state index in [2.05, 4.69) is 22.1 Å². The smallest absolute Gasteiger partial charge is 0.212 e. The highest BCUT2D eigenvalue weighted by molar-refractivity contribution is 5.41. The highest BCUT2D eigenvalue weighted by Gasteiger charge is 2.17. The predicted molar refractivity (Wildman–Crippen MR) is 63.0 cm³/mol. The van der Waals surface area contributed by atoms with E-state index in [9.17, 15) is 4.39 Å². The number of piperidine rings is 1. The van der Waals surface area contributed by atoms with Crippen LogP contribution in [0.2, 0.25) is 0 Å². The fraction of sp³-hybridized carbons (Fsp3) is 0.583. The second kappa shape index (κ2) is 5.25. The van der Waals surface area contributed by atoms with E-state index >= 15 is 0 Å². The van der Waals surface area contributed by atoms with Crippen molar-refractivity contribution in [3.8, 4) is 0 Å². The Morgan fingerprint density at radius 1 is 1.44 bits per heavy atom. The Morgan fingerprint density at radius 3 is 2.75 bits per heavy atom. The molecule has 0 bridgehead atoms. The number of nitrogens with zero attached hydrogens (tertiary/aromatic N) is 2. The molecule has 0 radical (unpaired) electrons. The maximum Gasteiger partial charge on any atom is 0.212 e. The summed E-state index contributed by atoms with van der Waals surface area (Å²) in [5.41, 5.74) is 0.913. The number of likely N-dealkylation sites (tertiary alicyclic amines) is 1. The van der Waals surface area contributed by atoms with Gasteiger partial charge in [0.15, 0.2) is 0 Å². The molecule has 0 spiro atoms. The topological polar surface area (TPSA) is 28.2 Å². The Balaban J connectivity index is 1.84. The van der Waals surface area contributed by atoms with Gasteiger partial charge in [0.05, 0.1) is 11.9 Å². The van der Waals surface area contributed by atoms with Crippen molar-refractivity contribution in [3.05, 3.63) is 24.3 Å². The average molecular weight is 223 g/mol. The van der Waals surface area contributed by atoms with Crippen molar-refractivity contribution in [3.63, 3.8) is 0 Å². The van der Waals surface area contributed by atoms with Gasteiger partial charge in [0.1, 0.15) is 0 Å². The molecular weight excluding hydrogens is 205 g/mol. The summed E-state index contributed by atoms with van der Waals surface area (Å²) < 4.78 is 12.6. The molecule has 88 valence electrons. The molecular formula is C12H18FN3. The zero-order chi connectivity index (χ0) is 11.4. The Kier molecular flexibility index (Phi) is 3.72. The molecule has 1 saturated heterocycles. The summed E-state index contributed by atoms with van der Waals surface area (Å²) in [5.74, 6) is -0.425. The van der Waals surface area contributed by atoms with Crippen LogP contribution in [0.25, 0.3) is 0 Å². The third kappa shape index (κ3) is 2.92. The molecule has 1 fully saturated rings. The van der Waals surface area contributed by atoms with Crippen molar-refractivity contribution < 1.29 is 4.39 Å². The zero-order valence-electron chi connectivity index (χ0n) is 9.62. The first-order valence-electron chi connectivity index (χ1n) is 5.88. The first kappa shape index (κ1) is 11.3. The summed E-state index contributed by atoms with van der Waals surface area (Å²) in [6, 6.07) is 3.63. The monoisotopic (exact) mass is 223 g/mol. The van der Waals surface area contributed by atoms with E-state index < -0.39 is 5.95 Å². The van der Waals surface area contributed by atoms with Gasteiger partial charge in [0.25, 0.3) is 0 Å². The molecule has 1 aromatic heterocycles. The maximum atomic E-state index is 12.6. The third-order valence-electron chi connectivity index (χ3n) is 3.13. The minimum Gasteiger partial charge on any atom is -0.381 e. The van der Waals surface area contributed by atoms with Crippen molar-refractivity contribution in [1.29, 1.82) is 0 Å². The van der Waals surface area contributed by atoms with E-state index in [1.807, 2.05) is 0 Å².